The topological polar surface area (TPSA) is 68.3 Å². The van der Waals surface area contributed by atoms with Gasteiger partial charge in [0.15, 0.2) is 0 Å². The van der Waals surface area contributed by atoms with E-state index >= 15 is 0 Å². The number of halogens is 2. The van der Waals surface area contributed by atoms with E-state index in [1.165, 1.54) is 4.90 Å². The molecule has 0 N–H and O–H groups in total. The zero-order chi connectivity index (χ0) is 25.7. The van der Waals surface area contributed by atoms with Gasteiger partial charge in [0.25, 0.3) is 5.92 Å². The van der Waals surface area contributed by atoms with Gasteiger partial charge in [0, 0.05) is 32.7 Å². The van der Waals surface area contributed by atoms with Crippen molar-refractivity contribution >= 4 is 12.2 Å². The van der Waals surface area contributed by atoms with Crippen LogP contribution < -0.4 is 0 Å². The van der Waals surface area contributed by atoms with E-state index in [0.29, 0.717) is 19.5 Å². The van der Waals surface area contributed by atoms with E-state index in [1.807, 2.05) is 30.3 Å². The van der Waals surface area contributed by atoms with Crippen molar-refractivity contribution in [2.45, 2.75) is 77.6 Å². The van der Waals surface area contributed by atoms with Gasteiger partial charge in [-0.05, 0) is 51.0 Å². The van der Waals surface area contributed by atoms with Crippen LogP contribution in [0.1, 0.15) is 58.9 Å². The van der Waals surface area contributed by atoms with E-state index in [9.17, 15) is 18.4 Å². The van der Waals surface area contributed by atoms with Gasteiger partial charge < -0.3 is 24.0 Å². The molecule has 9 heteroatoms. The molecule has 2 amide bonds. The fourth-order valence-corrected chi connectivity index (χ4v) is 4.27. The van der Waals surface area contributed by atoms with Gasteiger partial charge >= 0.3 is 12.2 Å². The normalized spacial score (nSPS) is 21.9. The number of rotatable bonds is 6. The number of hydrogen-bond acceptors (Lipinski definition) is 5. The Labute approximate surface area is 206 Å². The number of benzene rings is 1. The van der Waals surface area contributed by atoms with Gasteiger partial charge in [-0.3, -0.25) is 0 Å². The van der Waals surface area contributed by atoms with Crippen molar-refractivity contribution in [3.8, 4) is 0 Å². The third kappa shape index (κ3) is 8.05. The molecule has 2 saturated heterocycles. The summed E-state index contributed by atoms with van der Waals surface area (Å²) in [6, 6.07) is 9.52. The Morgan fingerprint density at radius 2 is 1.63 bits per heavy atom. The number of piperidine rings is 2. The third-order valence-electron chi connectivity index (χ3n) is 6.68. The van der Waals surface area contributed by atoms with E-state index in [0.717, 1.165) is 18.4 Å². The second-order valence-electron chi connectivity index (χ2n) is 10.9. The Morgan fingerprint density at radius 3 is 2.26 bits per heavy atom. The Morgan fingerprint density at radius 1 is 1.00 bits per heavy atom. The van der Waals surface area contributed by atoms with Gasteiger partial charge in [0.05, 0.1) is 6.54 Å². The Balaban J connectivity index is 1.42. The first kappa shape index (κ1) is 27.2. The molecule has 196 valence electrons. The standard InChI is InChI=1S/C26H38F2N2O5/c1-24(2,3)35-23(32)30-16-12-26(27,28)21(18-30)33-17-13-25(4)10-14-29(15-11-25)22(31)34-19-20-8-6-5-7-9-20/h5-9,21H,10-19H2,1-4H3. The molecule has 0 spiro atoms. The molecule has 2 aliphatic rings. The minimum atomic E-state index is -2.99. The van der Waals surface area contributed by atoms with E-state index < -0.39 is 30.1 Å². The number of carbonyl (C=O) groups excluding carboxylic acids is 2. The third-order valence-corrected chi connectivity index (χ3v) is 6.68. The van der Waals surface area contributed by atoms with Crippen molar-refractivity contribution < 1.29 is 32.6 Å². The van der Waals surface area contributed by atoms with E-state index in [2.05, 4.69) is 6.92 Å². The van der Waals surface area contributed by atoms with Gasteiger partial charge in [-0.2, -0.15) is 0 Å². The molecule has 7 nitrogen and oxygen atoms in total. The van der Waals surface area contributed by atoms with Gasteiger partial charge in [-0.15, -0.1) is 0 Å². The summed E-state index contributed by atoms with van der Waals surface area (Å²) in [5.74, 6) is -2.99. The quantitative estimate of drug-likeness (QED) is 0.522. The summed E-state index contributed by atoms with van der Waals surface area (Å²) >= 11 is 0. The molecular weight excluding hydrogens is 458 g/mol. The first-order chi connectivity index (χ1) is 16.4. The Bertz CT molecular complexity index is 851. The fraction of sp³-hybridized carbons (Fsp3) is 0.692. The van der Waals surface area contributed by atoms with Crippen molar-refractivity contribution in [2.24, 2.45) is 5.41 Å². The molecule has 2 heterocycles. The number of likely N-dealkylation sites (tertiary alicyclic amines) is 2. The molecule has 0 radical (unpaired) electrons. The molecule has 1 aromatic carbocycles. The maximum Gasteiger partial charge on any atom is 0.410 e. The Hall–Kier alpha value is -2.42. The minimum absolute atomic E-state index is 0.0598. The average Bonchev–Trinajstić information content (AvgIpc) is 2.78. The van der Waals surface area contributed by atoms with Crippen LogP contribution in [0.4, 0.5) is 18.4 Å². The highest BCUT2D eigenvalue weighted by Crippen LogP contribution is 2.36. The summed E-state index contributed by atoms with van der Waals surface area (Å²) < 4.78 is 45.3. The van der Waals surface area contributed by atoms with Gasteiger partial charge in [-0.1, -0.05) is 37.3 Å². The molecule has 2 fully saturated rings. The van der Waals surface area contributed by atoms with Crippen LogP contribution in [0.15, 0.2) is 30.3 Å². The predicted molar refractivity (Wildman–Crippen MR) is 127 cm³/mol. The highest BCUT2D eigenvalue weighted by molar-refractivity contribution is 5.68. The summed E-state index contributed by atoms with van der Waals surface area (Å²) in [4.78, 5) is 27.7. The molecule has 35 heavy (non-hydrogen) atoms. The van der Waals surface area contributed by atoms with Gasteiger partial charge in [0.2, 0.25) is 0 Å². The van der Waals surface area contributed by atoms with Crippen molar-refractivity contribution in [3.63, 3.8) is 0 Å². The SMILES string of the molecule is CC1(CCOC2CN(C(=O)OC(C)(C)C)CCC2(F)F)CCN(C(=O)OCc2ccccc2)CC1. The highest BCUT2D eigenvalue weighted by atomic mass is 19.3. The first-order valence-corrected chi connectivity index (χ1v) is 12.3. The smallest absolute Gasteiger partial charge is 0.410 e. The molecule has 3 rings (SSSR count). The lowest BCUT2D eigenvalue weighted by Gasteiger charge is -2.41. The van der Waals surface area contributed by atoms with E-state index in [-0.39, 0.29) is 37.8 Å². The molecule has 2 aliphatic heterocycles. The van der Waals surface area contributed by atoms with Crippen molar-refractivity contribution in [2.75, 3.05) is 32.8 Å². The molecule has 1 atom stereocenters. The van der Waals surface area contributed by atoms with Crippen molar-refractivity contribution in [1.29, 1.82) is 0 Å². The lowest BCUT2D eigenvalue weighted by Crippen LogP contribution is -2.54. The molecule has 0 bridgehead atoms. The maximum absolute atomic E-state index is 14.5. The van der Waals surface area contributed by atoms with Crippen molar-refractivity contribution in [1.82, 2.24) is 9.80 Å². The molecular formula is C26H38F2N2O5. The monoisotopic (exact) mass is 496 g/mol. The zero-order valence-electron chi connectivity index (χ0n) is 21.2. The molecule has 0 aliphatic carbocycles. The number of alkyl halides is 2. The fourth-order valence-electron chi connectivity index (χ4n) is 4.27. The second-order valence-corrected chi connectivity index (χ2v) is 10.9. The number of carbonyl (C=O) groups is 2. The van der Waals surface area contributed by atoms with Crippen LogP contribution in [-0.2, 0) is 20.8 Å². The maximum atomic E-state index is 14.5. The molecule has 0 aromatic heterocycles. The number of amides is 2. The van der Waals surface area contributed by atoms with E-state index in [4.69, 9.17) is 14.2 Å². The second kappa shape index (κ2) is 11.1. The average molecular weight is 497 g/mol. The zero-order valence-corrected chi connectivity index (χ0v) is 21.2. The summed E-state index contributed by atoms with van der Waals surface area (Å²) in [6.45, 7) is 8.57. The largest absolute Gasteiger partial charge is 0.445 e. The van der Waals surface area contributed by atoms with Crippen LogP contribution in [0.25, 0.3) is 0 Å². The molecule has 0 saturated carbocycles. The van der Waals surface area contributed by atoms with Crippen molar-refractivity contribution in [3.05, 3.63) is 35.9 Å². The number of hydrogen-bond donors (Lipinski definition) is 0. The molecule has 1 aromatic rings. The van der Waals surface area contributed by atoms with Crippen LogP contribution in [-0.4, -0.2) is 72.4 Å². The predicted octanol–water partition coefficient (Wildman–Crippen LogP) is 5.48. The van der Waals surface area contributed by atoms with E-state index in [1.54, 1.807) is 25.7 Å². The van der Waals surface area contributed by atoms with Crippen LogP contribution in [0, 0.1) is 5.41 Å². The highest BCUT2D eigenvalue weighted by Gasteiger charge is 2.47. The van der Waals surface area contributed by atoms with Crippen LogP contribution in [0.5, 0.6) is 0 Å². The summed E-state index contributed by atoms with van der Waals surface area (Å²) in [5.41, 5.74) is 0.125. The summed E-state index contributed by atoms with van der Waals surface area (Å²) in [5, 5.41) is 0. The number of nitrogens with zero attached hydrogens (tertiary/aromatic N) is 2. The van der Waals surface area contributed by atoms with Crippen LogP contribution >= 0.6 is 0 Å². The van der Waals surface area contributed by atoms with Gasteiger partial charge in [-0.25, -0.2) is 18.4 Å². The van der Waals surface area contributed by atoms with Crippen LogP contribution in [0.3, 0.4) is 0 Å². The Kier molecular flexibility index (Phi) is 8.62. The lowest BCUT2D eigenvalue weighted by atomic mass is 9.78. The minimum Gasteiger partial charge on any atom is -0.445 e. The number of ether oxygens (including phenoxy) is 3. The summed E-state index contributed by atoms with van der Waals surface area (Å²) in [7, 11) is 0. The molecule has 1 unspecified atom stereocenters. The summed E-state index contributed by atoms with van der Waals surface area (Å²) in [6.07, 6.45) is -0.673. The first-order valence-electron chi connectivity index (χ1n) is 12.3. The van der Waals surface area contributed by atoms with Crippen LogP contribution in [0.2, 0.25) is 0 Å². The lowest BCUT2D eigenvalue weighted by molar-refractivity contribution is -0.172. The van der Waals surface area contributed by atoms with Gasteiger partial charge in [0.1, 0.15) is 18.3 Å².